The third kappa shape index (κ3) is 6.87. The van der Waals surface area contributed by atoms with Crippen LogP contribution in [0.15, 0.2) is 24.3 Å². The Labute approximate surface area is 160 Å². The van der Waals surface area contributed by atoms with Crippen LogP contribution in [0.3, 0.4) is 0 Å². The summed E-state index contributed by atoms with van der Waals surface area (Å²) in [6.45, 7) is 9.64. The standard InChI is InChI=1S/C19H26ClFN2O.ClH/c1-5-6-16-12-18(23(22-16)10-9-19(2,3)4)24-13-14-11-15(20)7-8-17(14)21;/h7-8,11-12H,5-6,9-10,13H2,1-4H3;1H. The Hall–Kier alpha value is -1.26. The number of benzene rings is 1. The number of aromatic nitrogens is 2. The van der Waals surface area contributed by atoms with Gasteiger partial charge in [0, 0.05) is 23.2 Å². The maximum absolute atomic E-state index is 13.8. The van der Waals surface area contributed by atoms with Crippen LogP contribution in [0.2, 0.25) is 5.02 Å². The lowest BCUT2D eigenvalue weighted by molar-refractivity contribution is 0.255. The molecule has 2 rings (SSSR count). The minimum atomic E-state index is -0.311. The van der Waals surface area contributed by atoms with Crippen molar-refractivity contribution in [2.75, 3.05) is 0 Å². The number of rotatable bonds is 7. The van der Waals surface area contributed by atoms with Gasteiger partial charge < -0.3 is 4.74 Å². The Morgan fingerprint density at radius 3 is 2.60 bits per heavy atom. The maximum Gasteiger partial charge on any atom is 0.212 e. The number of halogens is 3. The van der Waals surface area contributed by atoms with Crippen LogP contribution in [-0.4, -0.2) is 9.78 Å². The van der Waals surface area contributed by atoms with E-state index in [1.165, 1.54) is 12.1 Å². The molecule has 1 aromatic carbocycles. The van der Waals surface area contributed by atoms with Crippen LogP contribution in [0.25, 0.3) is 0 Å². The molecule has 0 radical (unpaired) electrons. The van der Waals surface area contributed by atoms with Gasteiger partial charge in [0.05, 0.1) is 5.69 Å². The zero-order valence-corrected chi connectivity index (χ0v) is 16.9. The van der Waals surface area contributed by atoms with Gasteiger partial charge in [0.2, 0.25) is 5.88 Å². The van der Waals surface area contributed by atoms with Crippen molar-refractivity contribution in [3.8, 4) is 5.88 Å². The number of hydrogen-bond acceptors (Lipinski definition) is 2. The topological polar surface area (TPSA) is 27.1 Å². The molecule has 2 aromatic rings. The molecular formula is C19H27Cl2FN2O. The van der Waals surface area contributed by atoms with E-state index in [1.807, 2.05) is 10.7 Å². The largest absolute Gasteiger partial charge is 0.473 e. The molecule has 0 bridgehead atoms. The maximum atomic E-state index is 13.8. The van der Waals surface area contributed by atoms with Crippen molar-refractivity contribution < 1.29 is 9.13 Å². The monoisotopic (exact) mass is 388 g/mol. The van der Waals surface area contributed by atoms with Gasteiger partial charge in [-0.25, -0.2) is 9.07 Å². The average Bonchev–Trinajstić information content (AvgIpc) is 2.88. The Morgan fingerprint density at radius 1 is 1.24 bits per heavy atom. The summed E-state index contributed by atoms with van der Waals surface area (Å²) in [5, 5.41) is 5.13. The first-order valence-electron chi connectivity index (χ1n) is 8.42. The minimum absolute atomic E-state index is 0. The summed E-state index contributed by atoms with van der Waals surface area (Å²) in [5.74, 6) is 0.371. The normalized spacial score (nSPS) is 11.3. The van der Waals surface area contributed by atoms with E-state index in [0.29, 0.717) is 16.5 Å². The number of aryl methyl sites for hydroxylation is 2. The fourth-order valence-electron chi connectivity index (χ4n) is 2.35. The zero-order valence-electron chi connectivity index (χ0n) is 15.3. The van der Waals surface area contributed by atoms with Crippen molar-refractivity contribution in [3.05, 3.63) is 46.4 Å². The molecule has 0 aliphatic heterocycles. The molecule has 0 amide bonds. The van der Waals surface area contributed by atoms with Crippen molar-refractivity contribution in [2.24, 2.45) is 5.41 Å². The number of nitrogens with zero attached hydrogens (tertiary/aromatic N) is 2. The molecule has 0 aliphatic carbocycles. The van der Waals surface area contributed by atoms with Crippen LogP contribution in [0.5, 0.6) is 5.88 Å². The van der Waals surface area contributed by atoms with Crippen molar-refractivity contribution in [1.29, 1.82) is 0 Å². The SMILES string of the molecule is CCCc1cc(OCc2cc(Cl)ccc2F)n(CCC(C)(C)C)n1.Cl. The highest BCUT2D eigenvalue weighted by Crippen LogP contribution is 2.24. The van der Waals surface area contributed by atoms with Crippen molar-refractivity contribution in [3.63, 3.8) is 0 Å². The van der Waals surface area contributed by atoms with Gasteiger partial charge in [-0.1, -0.05) is 45.7 Å². The van der Waals surface area contributed by atoms with E-state index in [2.05, 4.69) is 32.8 Å². The molecule has 0 atom stereocenters. The van der Waals surface area contributed by atoms with Gasteiger partial charge in [-0.05, 0) is 36.5 Å². The first-order chi connectivity index (χ1) is 11.3. The van der Waals surface area contributed by atoms with Crippen molar-refractivity contribution >= 4 is 24.0 Å². The van der Waals surface area contributed by atoms with E-state index in [0.717, 1.165) is 31.5 Å². The summed E-state index contributed by atoms with van der Waals surface area (Å²) >= 11 is 5.94. The fourth-order valence-corrected chi connectivity index (χ4v) is 2.55. The molecule has 0 aliphatic rings. The van der Waals surface area contributed by atoms with E-state index in [9.17, 15) is 4.39 Å². The second-order valence-electron chi connectivity index (χ2n) is 7.28. The third-order valence-corrected chi connectivity index (χ3v) is 3.99. The molecular weight excluding hydrogens is 362 g/mol. The highest BCUT2D eigenvalue weighted by molar-refractivity contribution is 6.30. The molecule has 0 saturated carbocycles. The molecule has 25 heavy (non-hydrogen) atoms. The summed E-state index contributed by atoms with van der Waals surface area (Å²) < 4.78 is 21.6. The van der Waals surface area contributed by atoms with Gasteiger partial charge in [0.25, 0.3) is 0 Å². The molecule has 3 nitrogen and oxygen atoms in total. The molecule has 0 spiro atoms. The van der Waals surface area contributed by atoms with Crippen LogP contribution in [0, 0.1) is 11.2 Å². The summed E-state index contributed by atoms with van der Waals surface area (Å²) in [6, 6.07) is 6.45. The Bertz CT molecular complexity index is 681. The van der Waals surface area contributed by atoms with Crippen LogP contribution in [-0.2, 0) is 19.6 Å². The number of hydrogen-bond donors (Lipinski definition) is 0. The van der Waals surface area contributed by atoms with E-state index in [-0.39, 0.29) is 30.2 Å². The van der Waals surface area contributed by atoms with E-state index >= 15 is 0 Å². The smallest absolute Gasteiger partial charge is 0.212 e. The molecule has 140 valence electrons. The lowest BCUT2D eigenvalue weighted by atomic mass is 9.92. The Balaban J connectivity index is 0.00000312. The lowest BCUT2D eigenvalue weighted by Crippen LogP contribution is -2.13. The minimum Gasteiger partial charge on any atom is -0.473 e. The predicted molar refractivity (Wildman–Crippen MR) is 103 cm³/mol. The summed E-state index contributed by atoms with van der Waals surface area (Å²) in [4.78, 5) is 0. The molecule has 0 unspecified atom stereocenters. The van der Waals surface area contributed by atoms with E-state index in [1.54, 1.807) is 6.07 Å². The van der Waals surface area contributed by atoms with Gasteiger partial charge in [-0.2, -0.15) is 5.10 Å². The molecule has 0 N–H and O–H groups in total. The summed E-state index contributed by atoms with van der Waals surface area (Å²) in [6.07, 6.45) is 2.92. The molecule has 0 fully saturated rings. The highest BCUT2D eigenvalue weighted by Gasteiger charge is 2.15. The predicted octanol–water partition coefficient (Wildman–Crippen LogP) is 6.07. The molecule has 1 aromatic heterocycles. The molecule has 1 heterocycles. The van der Waals surface area contributed by atoms with Crippen LogP contribution < -0.4 is 4.74 Å². The zero-order chi connectivity index (χ0) is 17.7. The van der Waals surface area contributed by atoms with Crippen molar-refractivity contribution in [1.82, 2.24) is 9.78 Å². The first kappa shape index (κ1) is 21.8. The Morgan fingerprint density at radius 2 is 1.96 bits per heavy atom. The summed E-state index contributed by atoms with van der Waals surface area (Å²) in [5.41, 5.74) is 1.67. The van der Waals surface area contributed by atoms with E-state index in [4.69, 9.17) is 16.3 Å². The third-order valence-electron chi connectivity index (χ3n) is 3.76. The van der Waals surface area contributed by atoms with Crippen molar-refractivity contribution in [2.45, 2.75) is 60.1 Å². The van der Waals surface area contributed by atoms with Gasteiger partial charge in [-0.3, -0.25) is 0 Å². The fraction of sp³-hybridized carbons (Fsp3) is 0.526. The Kier molecular flexibility index (Phi) is 8.23. The second kappa shape index (κ2) is 9.44. The lowest BCUT2D eigenvalue weighted by Gasteiger charge is -2.18. The van der Waals surface area contributed by atoms with Crippen LogP contribution >= 0.6 is 24.0 Å². The van der Waals surface area contributed by atoms with Gasteiger partial charge in [0.15, 0.2) is 0 Å². The number of ether oxygens (including phenoxy) is 1. The van der Waals surface area contributed by atoms with Gasteiger partial charge in [0.1, 0.15) is 12.4 Å². The second-order valence-corrected chi connectivity index (χ2v) is 7.72. The van der Waals surface area contributed by atoms with Crippen LogP contribution in [0.1, 0.15) is 51.8 Å². The first-order valence-corrected chi connectivity index (χ1v) is 8.80. The molecule has 0 saturated heterocycles. The van der Waals surface area contributed by atoms with Gasteiger partial charge in [-0.15, -0.1) is 12.4 Å². The summed E-state index contributed by atoms with van der Waals surface area (Å²) in [7, 11) is 0. The average molecular weight is 389 g/mol. The van der Waals surface area contributed by atoms with E-state index < -0.39 is 0 Å². The highest BCUT2D eigenvalue weighted by atomic mass is 35.5. The molecule has 6 heteroatoms. The quantitative estimate of drug-likeness (QED) is 0.575. The van der Waals surface area contributed by atoms with Gasteiger partial charge >= 0.3 is 0 Å². The van der Waals surface area contributed by atoms with Crippen LogP contribution in [0.4, 0.5) is 4.39 Å².